The number of nitrogens with zero attached hydrogens (tertiary/aromatic N) is 2. The van der Waals surface area contributed by atoms with Gasteiger partial charge in [0.05, 0.1) is 5.69 Å². The van der Waals surface area contributed by atoms with Crippen LogP contribution in [0.4, 0.5) is 5.13 Å². The number of hydrogen-bond donors (Lipinski definition) is 1. The molecule has 0 radical (unpaired) electrons. The molecule has 3 aromatic rings. The van der Waals surface area contributed by atoms with E-state index >= 15 is 0 Å². The van der Waals surface area contributed by atoms with Crippen LogP contribution in [-0.2, 0) is 11.3 Å². The Morgan fingerprint density at radius 2 is 1.79 bits per heavy atom. The van der Waals surface area contributed by atoms with Gasteiger partial charge in [0.25, 0.3) is 5.91 Å². The topological polar surface area (TPSA) is 54.5 Å². The van der Waals surface area contributed by atoms with Crippen molar-refractivity contribution in [3.05, 3.63) is 65.7 Å². The maximum atomic E-state index is 12.4. The number of thiazole rings is 1. The molecule has 29 heavy (non-hydrogen) atoms. The van der Waals surface area contributed by atoms with Crippen LogP contribution >= 0.6 is 11.3 Å². The summed E-state index contributed by atoms with van der Waals surface area (Å²) in [4.78, 5) is 19.3. The van der Waals surface area contributed by atoms with E-state index in [9.17, 15) is 4.79 Å². The van der Waals surface area contributed by atoms with E-state index in [0.29, 0.717) is 10.9 Å². The van der Waals surface area contributed by atoms with Crippen molar-refractivity contribution in [2.75, 3.05) is 25.0 Å². The highest BCUT2D eigenvalue weighted by molar-refractivity contribution is 7.13. The predicted molar refractivity (Wildman–Crippen MR) is 117 cm³/mol. The minimum absolute atomic E-state index is 0.0507. The Hall–Kier alpha value is -2.70. The quantitative estimate of drug-likeness (QED) is 0.610. The van der Waals surface area contributed by atoms with Gasteiger partial charge in [-0.05, 0) is 37.6 Å². The molecule has 0 aliphatic carbocycles. The zero-order valence-corrected chi connectivity index (χ0v) is 17.2. The summed E-state index contributed by atoms with van der Waals surface area (Å²) in [5.74, 6) is 0.491. The molecule has 2 heterocycles. The Bertz CT molecular complexity index is 936. The van der Waals surface area contributed by atoms with Gasteiger partial charge < -0.3 is 4.74 Å². The molecule has 0 saturated carbocycles. The lowest BCUT2D eigenvalue weighted by molar-refractivity contribution is -0.118. The van der Waals surface area contributed by atoms with Crippen LogP contribution in [0, 0.1) is 0 Å². The van der Waals surface area contributed by atoms with Gasteiger partial charge in [-0.2, -0.15) is 0 Å². The van der Waals surface area contributed by atoms with Gasteiger partial charge in [0, 0.05) is 17.5 Å². The first-order valence-electron chi connectivity index (χ1n) is 10.0. The van der Waals surface area contributed by atoms with E-state index in [1.54, 1.807) is 0 Å². The number of ether oxygens (including phenoxy) is 1. The van der Waals surface area contributed by atoms with Gasteiger partial charge in [0.2, 0.25) is 0 Å². The number of hydrogen-bond acceptors (Lipinski definition) is 5. The van der Waals surface area contributed by atoms with E-state index in [0.717, 1.165) is 36.5 Å². The molecule has 1 N–H and O–H groups in total. The van der Waals surface area contributed by atoms with Crippen molar-refractivity contribution in [1.29, 1.82) is 0 Å². The van der Waals surface area contributed by atoms with Gasteiger partial charge in [-0.15, -0.1) is 11.3 Å². The maximum Gasteiger partial charge on any atom is 0.264 e. The molecule has 6 heteroatoms. The highest BCUT2D eigenvalue weighted by Crippen LogP contribution is 2.29. The number of aromatic nitrogens is 1. The van der Waals surface area contributed by atoms with Crippen LogP contribution in [0.1, 0.15) is 25.0 Å². The maximum absolute atomic E-state index is 12.4. The van der Waals surface area contributed by atoms with Crippen molar-refractivity contribution in [2.45, 2.75) is 25.8 Å². The number of likely N-dealkylation sites (tertiary alicyclic amines) is 1. The smallest absolute Gasteiger partial charge is 0.264 e. The average Bonchev–Trinajstić information content (AvgIpc) is 3.20. The van der Waals surface area contributed by atoms with Crippen LogP contribution in [0.25, 0.3) is 11.1 Å². The first-order chi connectivity index (χ1) is 14.3. The van der Waals surface area contributed by atoms with E-state index in [-0.39, 0.29) is 12.5 Å². The lowest BCUT2D eigenvalue weighted by Gasteiger charge is -2.25. The third kappa shape index (κ3) is 5.43. The summed E-state index contributed by atoms with van der Waals surface area (Å²) in [6.07, 6.45) is 3.84. The minimum Gasteiger partial charge on any atom is -0.483 e. The normalized spacial score (nSPS) is 14.5. The Kier molecular flexibility index (Phi) is 6.54. The molecule has 150 valence electrons. The highest BCUT2D eigenvalue weighted by Gasteiger charge is 2.14. The lowest BCUT2D eigenvalue weighted by Crippen LogP contribution is -2.29. The number of nitrogens with one attached hydrogen (secondary N) is 1. The third-order valence-corrected chi connectivity index (χ3v) is 5.77. The molecule has 1 aliphatic heterocycles. The monoisotopic (exact) mass is 407 g/mol. The molecule has 0 bridgehead atoms. The molecule has 5 nitrogen and oxygen atoms in total. The molecule has 1 aromatic heterocycles. The van der Waals surface area contributed by atoms with Crippen LogP contribution in [0.5, 0.6) is 5.75 Å². The fraction of sp³-hybridized carbons (Fsp3) is 0.304. The van der Waals surface area contributed by atoms with Crippen molar-refractivity contribution in [3.63, 3.8) is 0 Å². The molecular weight excluding hydrogens is 382 g/mol. The summed E-state index contributed by atoms with van der Waals surface area (Å²) in [5, 5.41) is 5.50. The van der Waals surface area contributed by atoms with Crippen molar-refractivity contribution in [3.8, 4) is 16.9 Å². The summed E-state index contributed by atoms with van der Waals surface area (Å²) in [5.41, 5.74) is 3.05. The first kappa shape index (κ1) is 19.6. The lowest BCUT2D eigenvalue weighted by atomic mass is 10.1. The van der Waals surface area contributed by atoms with E-state index in [1.165, 1.54) is 30.6 Å². The van der Waals surface area contributed by atoms with Crippen LogP contribution < -0.4 is 10.1 Å². The molecule has 0 unspecified atom stereocenters. The Morgan fingerprint density at radius 3 is 2.62 bits per heavy atom. The van der Waals surface area contributed by atoms with E-state index in [4.69, 9.17) is 4.74 Å². The molecule has 1 saturated heterocycles. The fourth-order valence-electron chi connectivity index (χ4n) is 3.53. The first-order valence-corrected chi connectivity index (χ1v) is 10.9. The number of para-hydroxylation sites is 1. The van der Waals surface area contributed by atoms with Gasteiger partial charge in [-0.3, -0.25) is 15.0 Å². The molecule has 1 fully saturated rings. The van der Waals surface area contributed by atoms with E-state index in [1.807, 2.05) is 60.0 Å². The summed E-state index contributed by atoms with van der Waals surface area (Å²) < 4.78 is 5.81. The number of carbonyl (C=O) groups excluding carboxylic acids is 1. The second kappa shape index (κ2) is 9.67. The Morgan fingerprint density at radius 1 is 1.03 bits per heavy atom. The Labute approximate surface area is 175 Å². The zero-order valence-electron chi connectivity index (χ0n) is 16.3. The largest absolute Gasteiger partial charge is 0.483 e. The molecule has 0 spiro atoms. The van der Waals surface area contributed by atoms with E-state index < -0.39 is 0 Å². The number of amides is 1. The minimum atomic E-state index is -0.202. The van der Waals surface area contributed by atoms with Gasteiger partial charge in [0.15, 0.2) is 11.7 Å². The van der Waals surface area contributed by atoms with Gasteiger partial charge >= 0.3 is 0 Å². The van der Waals surface area contributed by atoms with Crippen LogP contribution in [-0.4, -0.2) is 35.5 Å². The van der Waals surface area contributed by atoms with Crippen molar-refractivity contribution in [1.82, 2.24) is 9.88 Å². The van der Waals surface area contributed by atoms with Crippen molar-refractivity contribution in [2.24, 2.45) is 0 Å². The van der Waals surface area contributed by atoms with Crippen LogP contribution in [0.3, 0.4) is 0 Å². The summed E-state index contributed by atoms with van der Waals surface area (Å²) in [6.45, 7) is 3.07. The molecule has 1 aliphatic rings. The molecule has 1 amide bonds. The second-order valence-corrected chi connectivity index (χ2v) is 8.04. The van der Waals surface area contributed by atoms with Crippen molar-refractivity contribution < 1.29 is 9.53 Å². The van der Waals surface area contributed by atoms with Gasteiger partial charge in [0.1, 0.15) is 5.75 Å². The fourth-order valence-corrected chi connectivity index (χ4v) is 4.25. The number of piperidine rings is 1. The van der Waals surface area contributed by atoms with Crippen LogP contribution in [0.15, 0.2) is 60.0 Å². The molecule has 2 aromatic carbocycles. The summed E-state index contributed by atoms with van der Waals surface area (Å²) in [7, 11) is 0. The second-order valence-electron chi connectivity index (χ2n) is 7.18. The number of rotatable bonds is 7. The number of anilines is 1. The molecule has 0 atom stereocenters. The summed E-state index contributed by atoms with van der Waals surface area (Å²) in [6, 6.07) is 17.8. The zero-order chi connectivity index (χ0) is 19.9. The third-order valence-electron chi connectivity index (χ3n) is 4.96. The van der Waals surface area contributed by atoms with Gasteiger partial charge in [-0.1, -0.05) is 55.0 Å². The van der Waals surface area contributed by atoms with Crippen LogP contribution in [0.2, 0.25) is 0 Å². The summed E-state index contributed by atoms with van der Waals surface area (Å²) >= 11 is 1.46. The number of carbonyl (C=O) groups is 1. The van der Waals surface area contributed by atoms with Gasteiger partial charge in [-0.25, -0.2) is 4.98 Å². The average molecular weight is 408 g/mol. The SMILES string of the molecule is O=C(COc1ccccc1-c1ccccc1)Nc1nc(CN2CCCCC2)cs1. The Balaban J connectivity index is 1.32. The standard InChI is InChI=1S/C23H25N3O2S/c27-22(25-23-24-19(17-29-23)15-26-13-7-2-8-14-26)16-28-21-12-6-5-11-20(21)18-9-3-1-4-10-18/h1,3-6,9-12,17H,2,7-8,13-16H2,(H,24,25,27). The molecular formula is C23H25N3O2S. The van der Waals surface area contributed by atoms with Crippen molar-refractivity contribution >= 4 is 22.4 Å². The van der Waals surface area contributed by atoms with E-state index in [2.05, 4.69) is 15.2 Å². The molecule has 4 rings (SSSR count). The number of benzene rings is 2. The highest BCUT2D eigenvalue weighted by atomic mass is 32.1. The predicted octanol–water partition coefficient (Wildman–Crippen LogP) is 4.81.